The van der Waals surface area contributed by atoms with Crippen LogP contribution in [0.1, 0.15) is 29.7 Å². The normalized spacial score (nSPS) is 22.5. The van der Waals surface area contributed by atoms with E-state index in [2.05, 4.69) is 4.90 Å². The summed E-state index contributed by atoms with van der Waals surface area (Å²) in [6.45, 7) is 5.56. The van der Waals surface area contributed by atoms with Gasteiger partial charge in [-0.15, -0.1) is 0 Å². The summed E-state index contributed by atoms with van der Waals surface area (Å²) in [5, 5.41) is 11.6. The quantitative estimate of drug-likeness (QED) is 0.308. The van der Waals surface area contributed by atoms with Crippen molar-refractivity contribution in [2.24, 2.45) is 0 Å². The van der Waals surface area contributed by atoms with Crippen LogP contribution in [0.5, 0.6) is 23.0 Å². The molecular formula is C29H34N2O8. The van der Waals surface area contributed by atoms with Crippen LogP contribution in [0.15, 0.2) is 35.9 Å². The lowest BCUT2D eigenvalue weighted by Gasteiger charge is -2.31. The van der Waals surface area contributed by atoms with Gasteiger partial charge in [0.25, 0.3) is 11.7 Å². The SMILES string of the molecule is COc1cc([C@H]2C(=C(O)c3ccc4c(c3)C[C@H](C)O4)C(=O)C(=O)N2CCN2CCOCC2)cc(OC)c1OC. The highest BCUT2D eigenvalue weighted by atomic mass is 16.5. The maximum Gasteiger partial charge on any atom is 0.295 e. The largest absolute Gasteiger partial charge is 0.507 e. The van der Waals surface area contributed by atoms with Gasteiger partial charge in [-0.2, -0.15) is 0 Å². The number of aliphatic hydroxyl groups excluding tert-OH is 1. The molecule has 1 N–H and O–H groups in total. The minimum absolute atomic E-state index is 0.0168. The molecule has 3 aliphatic heterocycles. The number of Topliss-reactive ketones (excluding diaryl/α,β-unsaturated/α-hetero) is 1. The molecular weight excluding hydrogens is 504 g/mol. The van der Waals surface area contributed by atoms with E-state index in [-0.39, 0.29) is 24.0 Å². The second kappa shape index (κ2) is 11.2. The van der Waals surface area contributed by atoms with Crippen LogP contribution in [0.3, 0.4) is 0 Å². The van der Waals surface area contributed by atoms with E-state index in [0.717, 1.165) is 24.4 Å². The topological polar surface area (TPSA) is 107 Å². The van der Waals surface area contributed by atoms with Crippen LogP contribution in [0, 0.1) is 0 Å². The fraction of sp³-hybridized carbons (Fsp3) is 0.448. The van der Waals surface area contributed by atoms with E-state index in [1.54, 1.807) is 24.3 Å². The van der Waals surface area contributed by atoms with Crippen molar-refractivity contribution in [3.63, 3.8) is 0 Å². The first-order chi connectivity index (χ1) is 18.9. The van der Waals surface area contributed by atoms with E-state index in [9.17, 15) is 14.7 Å². The van der Waals surface area contributed by atoms with Gasteiger partial charge in [-0.3, -0.25) is 14.5 Å². The predicted octanol–water partition coefficient (Wildman–Crippen LogP) is 2.79. The fourth-order valence-electron chi connectivity index (χ4n) is 5.52. The zero-order valence-electron chi connectivity index (χ0n) is 22.7. The van der Waals surface area contributed by atoms with E-state index in [1.165, 1.54) is 26.2 Å². The van der Waals surface area contributed by atoms with E-state index in [1.807, 2.05) is 13.0 Å². The van der Waals surface area contributed by atoms with Gasteiger partial charge in [0.05, 0.1) is 46.2 Å². The molecule has 0 unspecified atom stereocenters. The van der Waals surface area contributed by atoms with Crippen LogP contribution < -0.4 is 18.9 Å². The van der Waals surface area contributed by atoms with Crippen molar-refractivity contribution in [3.05, 3.63) is 52.6 Å². The number of fused-ring (bicyclic) bond motifs is 1. The van der Waals surface area contributed by atoms with Crippen molar-refractivity contribution in [3.8, 4) is 23.0 Å². The number of ketones is 1. The average Bonchev–Trinajstić information content (AvgIpc) is 3.46. The summed E-state index contributed by atoms with van der Waals surface area (Å²) in [6.07, 6.45) is 0.725. The van der Waals surface area contributed by atoms with E-state index in [4.69, 9.17) is 23.7 Å². The molecule has 2 aromatic rings. The van der Waals surface area contributed by atoms with Crippen LogP contribution in [0.4, 0.5) is 0 Å². The number of hydrogen-bond donors (Lipinski definition) is 1. The lowest BCUT2D eigenvalue weighted by Crippen LogP contribution is -2.42. The van der Waals surface area contributed by atoms with Gasteiger partial charge in [0, 0.05) is 38.2 Å². The van der Waals surface area contributed by atoms with Gasteiger partial charge in [0.15, 0.2) is 11.5 Å². The number of methoxy groups -OCH3 is 3. The summed E-state index contributed by atoms with van der Waals surface area (Å²) in [5.74, 6) is 0.278. The Kier molecular flexibility index (Phi) is 7.67. The van der Waals surface area contributed by atoms with Crippen LogP contribution >= 0.6 is 0 Å². The van der Waals surface area contributed by atoms with Crippen molar-refractivity contribution >= 4 is 17.4 Å². The molecule has 5 rings (SSSR count). The minimum Gasteiger partial charge on any atom is -0.507 e. The zero-order chi connectivity index (χ0) is 27.7. The number of carbonyl (C=O) groups excluding carboxylic acids is 2. The highest BCUT2D eigenvalue weighted by Gasteiger charge is 2.46. The molecule has 0 aliphatic carbocycles. The van der Waals surface area contributed by atoms with Gasteiger partial charge in [0.1, 0.15) is 17.6 Å². The Balaban J connectivity index is 1.61. The molecule has 0 saturated carbocycles. The molecule has 2 aromatic carbocycles. The number of aliphatic hydroxyl groups is 1. The van der Waals surface area contributed by atoms with Gasteiger partial charge in [-0.05, 0) is 48.4 Å². The zero-order valence-corrected chi connectivity index (χ0v) is 22.7. The average molecular weight is 539 g/mol. The summed E-state index contributed by atoms with van der Waals surface area (Å²) in [6, 6.07) is 7.89. The fourth-order valence-corrected chi connectivity index (χ4v) is 5.52. The highest BCUT2D eigenvalue weighted by Crippen LogP contribution is 2.46. The minimum atomic E-state index is -0.858. The van der Waals surface area contributed by atoms with Gasteiger partial charge < -0.3 is 33.7 Å². The van der Waals surface area contributed by atoms with Gasteiger partial charge in [-0.25, -0.2) is 0 Å². The third-order valence-electron chi connectivity index (χ3n) is 7.47. The molecule has 0 radical (unpaired) electrons. The molecule has 0 spiro atoms. The Bertz CT molecular complexity index is 1280. The van der Waals surface area contributed by atoms with Crippen LogP contribution in [-0.4, -0.2) is 93.4 Å². The molecule has 10 nitrogen and oxygen atoms in total. The monoisotopic (exact) mass is 538 g/mol. The first kappa shape index (κ1) is 26.8. The lowest BCUT2D eigenvalue weighted by atomic mass is 9.94. The first-order valence-electron chi connectivity index (χ1n) is 13.0. The maximum absolute atomic E-state index is 13.5. The summed E-state index contributed by atoms with van der Waals surface area (Å²) in [7, 11) is 4.51. The maximum atomic E-state index is 13.5. The Morgan fingerprint density at radius 2 is 1.69 bits per heavy atom. The number of rotatable bonds is 8. The smallest absolute Gasteiger partial charge is 0.295 e. The Labute approximate surface area is 227 Å². The predicted molar refractivity (Wildman–Crippen MR) is 143 cm³/mol. The Morgan fingerprint density at radius 3 is 2.33 bits per heavy atom. The number of ether oxygens (including phenoxy) is 5. The number of nitrogens with zero attached hydrogens (tertiary/aromatic N) is 2. The molecule has 3 heterocycles. The number of hydrogen-bond acceptors (Lipinski definition) is 9. The molecule has 39 heavy (non-hydrogen) atoms. The summed E-state index contributed by atoms with van der Waals surface area (Å²) in [4.78, 5) is 30.7. The number of morpholine rings is 1. The van der Waals surface area contributed by atoms with Crippen molar-refractivity contribution < 1.29 is 38.4 Å². The van der Waals surface area contributed by atoms with Crippen molar-refractivity contribution in [1.29, 1.82) is 0 Å². The second-order valence-electron chi connectivity index (χ2n) is 9.86. The molecule has 0 aromatic heterocycles. The van der Waals surface area contributed by atoms with Crippen LogP contribution in [-0.2, 0) is 20.7 Å². The van der Waals surface area contributed by atoms with E-state index >= 15 is 0 Å². The number of likely N-dealkylation sites (tertiary alicyclic amines) is 1. The molecule has 0 bridgehead atoms. The third kappa shape index (κ3) is 5.02. The number of benzene rings is 2. The highest BCUT2D eigenvalue weighted by molar-refractivity contribution is 6.46. The van der Waals surface area contributed by atoms with Gasteiger partial charge in [0.2, 0.25) is 5.75 Å². The van der Waals surface area contributed by atoms with E-state index in [0.29, 0.717) is 54.6 Å². The second-order valence-corrected chi connectivity index (χ2v) is 9.86. The van der Waals surface area contributed by atoms with Crippen LogP contribution in [0.2, 0.25) is 0 Å². The van der Waals surface area contributed by atoms with Crippen molar-refractivity contribution in [1.82, 2.24) is 9.80 Å². The number of carbonyl (C=O) groups is 2. The first-order valence-corrected chi connectivity index (χ1v) is 13.0. The lowest BCUT2D eigenvalue weighted by molar-refractivity contribution is -0.140. The molecule has 2 fully saturated rings. The molecule has 10 heteroatoms. The van der Waals surface area contributed by atoms with Crippen LogP contribution in [0.25, 0.3) is 5.76 Å². The number of amides is 1. The molecule has 2 atom stereocenters. The molecule has 3 aliphatic rings. The summed E-state index contributed by atoms with van der Waals surface area (Å²) < 4.78 is 27.8. The molecule has 1 amide bonds. The Hall–Kier alpha value is -3.76. The molecule has 2 saturated heterocycles. The summed E-state index contributed by atoms with van der Waals surface area (Å²) in [5.41, 5.74) is 1.97. The van der Waals surface area contributed by atoms with Crippen molar-refractivity contribution in [2.75, 3.05) is 60.7 Å². The molecule has 208 valence electrons. The summed E-state index contributed by atoms with van der Waals surface area (Å²) >= 11 is 0. The third-order valence-corrected chi connectivity index (χ3v) is 7.47. The van der Waals surface area contributed by atoms with E-state index < -0.39 is 17.7 Å². The van der Waals surface area contributed by atoms with Crippen molar-refractivity contribution in [2.45, 2.75) is 25.5 Å². The standard InChI is InChI=1S/C29H34N2O8/c1-17-13-19-14-18(5-6-21(19)39-17)26(32)24-25(20-15-22(35-2)28(37-4)23(16-20)36-3)31(29(34)27(24)33)8-7-30-9-11-38-12-10-30/h5-6,14-17,25,32H,7-13H2,1-4H3/t17-,25-/m0/s1. The van der Waals surface area contributed by atoms with Gasteiger partial charge in [-0.1, -0.05) is 0 Å². The Morgan fingerprint density at radius 1 is 1.00 bits per heavy atom. The van der Waals surface area contributed by atoms with Gasteiger partial charge >= 0.3 is 0 Å².